The molecule has 0 N–H and O–H groups in total. The molecule has 3 atom stereocenters. The minimum absolute atomic E-state index is 0.0779. The fourth-order valence-electron chi connectivity index (χ4n) is 5.28. The van der Waals surface area contributed by atoms with Crippen LogP contribution in [0.4, 0.5) is 4.79 Å². The summed E-state index contributed by atoms with van der Waals surface area (Å²) in [6.07, 6.45) is 0.715. The third-order valence-corrected chi connectivity index (χ3v) is 9.52. The fraction of sp³-hybridized carbons (Fsp3) is 0.667. The van der Waals surface area contributed by atoms with E-state index in [0.29, 0.717) is 37.4 Å². The molecule has 3 aliphatic rings. The van der Waals surface area contributed by atoms with E-state index >= 15 is 0 Å². The van der Waals surface area contributed by atoms with Gasteiger partial charge in [-0.05, 0) is 69.3 Å². The van der Waals surface area contributed by atoms with Crippen molar-refractivity contribution in [2.45, 2.75) is 96.9 Å². The van der Waals surface area contributed by atoms with Crippen molar-refractivity contribution in [2.24, 2.45) is 5.92 Å². The Bertz CT molecular complexity index is 1180. The molecule has 0 bridgehead atoms. The average molecular weight is 588 g/mol. The van der Waals surface area contributed by atoms with E-state index in [1.165, 1.54) is 0 Å². The van der Waals surface area contributed by atoms with Gasteiger partial charge in [-0.1, -0.05) is 26.6 Å². The molecule has 1 aromatic carbocycles. The van der Waals surface area contributed by atoms with E-state index < -0.39 is 19.7 Å². The molecule has 0 aromatic heterocycles. The number of piperidine rings is 2. The van der Waals surface area contributed by atoms with Crippen LogP contribution in [0.1, 0.15) is 62.9 Å². The summed E-state index contributed by atoms with van der Waals surface area (Å²) in [6.45, 7) is 16.1. The van der Waals surface area contributed by atoms with Gasteiger partial charge in [-0.2, -0.15) is 0 Å². The van der Waals surface area contributed by atoms with E-state index in [4.69, 9.17) is 14.2 Å². The lowest BCUT2D eigenvalue weighted by Gasteiger charge is -2.37. The number of carbonyl (C=O) groups is 4. The van der Waals surface area contributed by atoms with E-state index in [0.717, 1.165) is 22.9 Å². The molecule has 226 valence electrons. The highest BCUT2D eigenvalue weighted by Crippen LogP contribution is 2.33. The van der Waals surface area contributed by atoms with Crippen LogP contribution >= 0.6 is 0 Å². The number of hydrogen-bond donors (Lipinski definition) is 0. The van der Waals surface area contributed by atoms with E-state index in [1.807, 2.05) is 26.8 Å². The van der Waals surface area contributed by atoms with Crippen molar-refractivity contribution in [2.75, 3.05) is 26.4 Å². The van der Waals surface area contributed by atoms with E-state index in [9.17, 15) is 19.2 Å². The highest BCUT2D eigenvalue weighted by Gasteiger charge is 2.43. The molecule has 3 aliphatic heterocycles. The standard InChI is InChI=1S/C30H45N3O7Si/c1-20-12-13-31(29(37)40-30(2,3)4)18-25(20)39-22-8-9-23-21(16-22)17-32(27(23)35)24-10-11-26(34)33(28(24)36)19-38-14-15-41(5,6)7/h8-9,16,20,24-25H,10-15,17-19H2,1-7H3/t20-,24+,25-/m0/s1. The number of hydrogen-bond acceptors (Lipinski definition) is 7. The predicted molar refractivity (Wildman–Crippen MR) is 156 cm³/mol. The van der Waals surface area contributed by atoms with Crippen molar-refractivity contribution in [3.63, 3.8) is 0 Å². The first kappa shape index (κ1) is 31.0. The van der Waals surface area contributed by atoms with E-state index in [1.54, 1.807) is 21.9 Å². The second-order valence-electron chi connectivity index (χ2n) is 13.7. The molecule has 0 radical (unpaired) electrons. The normalized spacial score (nSPS) is 23.6. The quantitative estimate of drug-likeness (QED) is 0.251. The second-order valence-corrected chi connectivity index (χ2v) is 19.3. The number of carbonyl (C=O) groups excluding carboxylic acids is 4. The Kier molecular flexibility index (Phi) is 9.18. The summed E-state index contributed by atoms with van der Waals surface area (Å²) in [7, 11) is -1.30. The van der Waals surface area contributed by atoms with Gasteiger partial charge in [0, 0.05) is 39.8 Å². The van der Waals surface area contributed by atoms with Crippen LogP contribution in [-0.4, -0.2) is 90.8 Å². The highest BCUT2D eigenvalue weighted by molar-refractivity contribution is 6.76. The first-order valence-electron chi connectivity index (χ1n) is 14.6. The molecule has 11 heteroatoms. The first-order valence-corrected chi connectivity index (χ1v) is 18.3. The Morgan fingerprint density at radius 2 is 1.83 bits per heavy atom. The lowest BCUT2D eigenvalue weighted by atomic mass is 9.96. The van der Waals surface area contributed by atoms with Crippen molar-refractivity contribution < 1.29 is 33.4 Å². The maximum atomic E-state index is 13.3. The molecule has 4 amide bonds. The zero-order chi connectivity index (χ0) is 30.1. The highest BCUT2D eigenvalue weighted by atomic mass is 28.3. The Labute approximate surface area is 244 Å². The van der Waals surface area contributed by atoms with Crippen LogP contribution in [0.3, 0.4) is 0 Å². The number of fused-ring (bicyclic) bond motifs is 1. The summed E-state index contributed by atoms with van der Waals surface area (Å²) < 4.78 is 17.6. The summed E-state index contributed by atoms with van der Waals surface area (Å²) >= 11 is 0. The summed E-state index contributed by atoms with van der Waals surface area (Å²) in [6, 6.07) is 5.59. The van der Waals surface area contributed by atoms with Crippen molar-refractivity contribution >= 4 is 31.9 Å². The molecule has 41 heavy (non-hydrogen) atoms. The van der Waals surface area contributed by atoms with Crippen LogP contribution < -0.4 is 4.74 Å². The number of imide groups is 1. The van der Waals surface area contributed by atoms with Crippen molar-refractivity contribution in [1.29, 1.82) is 0 Å². The van der Waals surface area contributed by atoms with Crippen LogP contribution in [0.2, 0.25) is 25.7 Å². The molecule has 0 spiro atoms. The summed E-state index contributed by atoms with van der Waals surface area (Å²) in [5.41, 5.74) is 0.745. The molecule has 10 nitrogen and oxygen atoms in total. The van der Waals surface area contributed by atoms with Gasteiger partial charge in [0.25, 0.3) is 11.8 Å². The third-order valence-electron chi connectivity index (χ3n) is 7.81. The Hall–Kier alpha value is -2.92. The molecule has 0 saturated carbocycles. The molecule has 0 unspecified atom stereocenters. The van der Waals surface area contributed by atoms with Crippen molar-refractivity contribution in [3.8, 4) is 5.75 Å². The number of ether oxygens (including phenoxy) is 3. The Morgan fingerprint density at radius 1 is 1.10 bits per heavy atom. The van der Waals surface area contributed by atoms with Gasteiger partial charge in [0.1, 0.15) is 30.2 Å². The van der Waals surface area contributed by atoms with Crippen LogP contribution in [0.25, 0.3) is 0 Å². The number of likely N-dealkylation sites (tertiary alicyclic amines) is 2. The van der Waals surface area contributed by atoms with Gasteiger partial charge in [-0.25, -0.2) is 4.79 Å². The van der Waals surface area contributed by atoms with Gasteiger partial charge in [0.2, 0.25) is 5.91 Å². The minimum atomic E-state index is -1.30. The Balaban J connectivity index is 1.39. The van der Waals surface area contributed by atoms with Crippen LogP contribution in [0.15, 0.2) is 18.2 Å². The second kappa shape index (κ2) is 12.1. The molecule has 0 aliphatic carbocycles. The molecule has 1 aromatic rings. The summed E-state index contributed by atoms with van der Waals surface area (Å²) in [4.78, 5) is 56.2. The zero-order valence-corrected chi connectivity index (χ0v) is 26.5. The number of nitrogens with zero attached hydrogens (tertiary/aromatic N) is 3. The Morgan fingerprint density at radius 3 is 2.51 bits per heavy atom. The van der Waals surface area contributed by atoms with E-state index in [2.05, 4.69) is 26.6 Å². The van der Waals surface area contributed by atoms with Gasteiger partial charge in [-0.3, -0.25) is 19.3 Å². The summed E-state index contributed by atoms with van der Waals surface area (Å²) in [5, 5.41) is 0. The van der Waals surface area contributed by atoms with Crippen molar-refractivity contribution in [3.05, 3.63) is 29.3 Å². The van der Waals surface area contributed by atoms with Gasteiger partial charge in [-0.15, -0.1) is 0 Å². The van der Waals surface area contributed by atoms with Gasteiger partial charge >= 0.3 is 6.09 Å². The smallest absolute Gasteiger partial charge is 0.410 e. The lowest BCUT2D eigenvalue weighted by Crippen LogP contribution is -2.55. The van der Waals surface area contributed by atoms with Gasteiger partial charge in [0.15, 0.2) is 0 Å². The minimum Gasteiger partial charge on any atom is -0.488 e. The SMILES string of the molecule is C[C@H]1CCN(C(=O)OC(C)(C)C)C[C@@H]1Oc1ccc2c(c1)CN([C@@H]1CCC(=O)N(COCC[Si](C)(C)C)C1=O)C2=O. The van der Waals surface area contributed by atoms with Gasteiger partial charge in [0.05, 0.1) is 6.54 Å². The van der Waals surface area contributed by atoms with Crippen LogP contribution in [-0.2, 0) is 25.6 Å². The molecular weight excluding hydrogens is 542 g/mol. The molecule has 3 heterocycles. The van der Waals surface area contributed by atoms with E-state index in [-0.39, 0.29) is 55.5 Å². The number of rotatable bonds is 8. The monoisotopic (exact) mass is 587 g/mol. The maximum Gasteiger partial charge on any atom is 0.410 e. The fourth-order valence-corrected chi connectivity index (χ4v) is 6.04. The van der Waals surface area contributed by atoms with Gasteiger partial charge < -0.3 is 24.0 Å². The zero-order valence-electron chi connectivity index (χ0n) is 25.5. The molecule has 4 rings (SSSR count). The average Bonchev–Trinajstić information content (AvgIpc) is 3.18. The maximum absolute atomic E-state index is 13.3. The predicted octanol–water partition coefficient (Wildman–Crippen LogP) is 4.50. The van der Waals surface area contributed by atoms with Crippen LogP contribution in [0.5, 0.6) is 5.75 Å². The molecule has 2 saturated heterocycles. The van der Waals surface area contributed by atoms with Crippen molar-refractivity contribution in [1.82, 2.24) is 14.7 Å². The topological polar surface area (TPSA) is 106 Å². The van der Waals surface area contributed by atoms with Crippen LogP contribution in [0, 0.1) is 5.92 Å². The number of amides is 4. The largest absolute Gasteiger partial charge is 0.488 e. The third kappa shape index (κ3) is 7.68. The molecule has 2 fully saturated rings. The lowest BCUT2D eigenvalue weighted by molar-refractivity contribution is -0.158. The molecular formula is C30H45N3O7Si. The first-order chi connectivity index (χ1) is 19.1. The number of benzene rings is 1. The summed E-state index contributed by atoms with van der Waals surface area (Å²) in [5.74, 6) is -0.0208.